The van der Waals surface area contributed by atoms with Crippen molar-refractivity contribution in [3.63, 3.8) is 0 Å². The summed E-state index contributed by atoms with van der Waals surface area (Å²) in [5.74, 6) is 0. The van der Waals surface area contributed by atoms with Gasteiger partial charge in [0, 0.05) is 78.7 Å². The van der Waals surface area contributed by atoms with Gasteiger partial charge in [0.25, 0.3) is 11.4 Å². The molecule has 0 fully saturated rings. The number of rotatable bonds is 6. The largest absolute Gasteiger partial charge is 0.354 e. The van der Waals surface area contributed by atoms with Crippen LogP contribution in [0.1, 0.15) is 22.8 Å². The molecule has 0 saturated carbocycles. The molecule has 0 aliphatic carbocycles. The minimum atomic E-state index is -0.568. The van der Waals surface area contributed by atoms with Crippen molar-refractivity contribution < 1.29 is 9.85 Å². The number of H-pyrrole nitrogens is 2. The molecule has 0 amide bonds. The second kappa shape index (κ2) is 16.4. The summed E-state index contributed by atoms with van der Waals surface area (Å²) in [6.07, 6.45) is 2.59. The first kappa shape index (κ1) is 41.9. The average Bonchev–Trinajstić information content (AvgIpc) is 4.05. The van der Waals surface area contributed by atoms with Crippen molar-refractivity contribution in [3.8, 4) is 44.5 Å². The molecule has 2 N–H and O–H groups in total. The first-order valence-corrected chi connectivity index (χ1v) is 21.1. The highest BCUT2D eigenvalue weighted by atomic mass is 35.5. The third-order valence-electron chi connectivity index (χ3n) is 10.2. The minimum absolute atomic E-state index is 0.0711. The Balaban J connectivity index is 1.62. The fourth-order valence-corrected chi connectivity index (χ4v) is 9.95. The Hall–Kier alpha value is -5.40. The summed E-state index contributed by atoms with van der Waals surface area (Å²) in [5, 5.41) is 27.7. The van der Waals surface area contributed by atoms with Gasteiger partial charge >= 0.3 is 0 Å². The van der Waals surface area contributed by atoms with Crippen molar-refractivity contribution in [2.24, 2.45) is 0 Å². The maximum Gasteiger partial charge on any atom is 0.297 e. The molecule has 62 heavy (non-hydrogen) atoms. The van der Waals surface area contributed by atoms with Crippen molar-refractivity contribution in [1.82, 2.24) is 19.9 Å². The second-order valence-electron chi connectivity index (χ2n) is 13.7. The van der Waals surface area contributed by atoms with Gasteiger partial charge in [0.1, 0.15) is 0 Å². The zero-order chi connectivity index (χ0) is 43.7. The van der Waals surface area contributed by atoms with E-state index >= 15 is 0 Å². The van der Waals surface area contributed by atoms with Crippen molar-refractivity contribution in [3.05, 3.63) is 180 Å². The summed E-state index contributed by atoms with van der Waals surface area (Å²) in [6.45, 7) is 0. The van der Waals surface area contributed by atoms with Crippen LogP contribution in [0.25, 0.3) is 90.1 Å². The van der Waals surface area contributed by atoms with Gasteiger partial charge in [-0.05, 0) is 72.8 Å². The smallest absolute Gasteiger partial charge is 0.297 e. The van der Waals surface area contributed by atoms with Crippen LogP contribution in [0.15, 0.2) is 97.1 Å². The lowest BCUT2D eigenvalue weighted by Crippen LogP contribution is -1.99. The number of nitrogens with one attached hydrogen (secondary N) is 2. The quantitative estimate of drug-likeness (QED) is 0.125. The zero-order valence-corrected chi connectivity index (χ0v) is 36.9. The van der Waals surface area contributed by atoms with Gasteiger partial charge < -0.3 is 9.97 Å². The molecule has 8 bridgehead atoms. The molecule has 4 aromatic carbocycles. The number of hydrogen-bond donors (Lipinski definition) is 2. The summed E-state index contributed by atoms with van der Waals surface area (Å²) in [6, 6.07) is 25.9. The first-order chi connectivity index (χ1) is 29.7. The van der Waals surface area contributed by atoms with Crippen LogP contribution >= 0.6 is 92.8 Å². The van der Waals surface area contributed by atoms with Gasteiger partial charge in [-0.3, -0.25) is 20.2 Å². The number of halogens is 8. The molecule has 7 aromatic rings. The lowest BCUT2D eigenvalue weighted by Gasteiger charge is -2.11. The van der Waals surface area contributed by atoms with Crippen LogP contribution < -0.4 is 0 Å². The number of nitro groups is 2. The normalized spacial score (nSPS) is 12.3. The van der Waals surface area contributed by atoms with E-state index in [1.54, 1.807) is 97.1 Å². The molecule has 2 aliphatic rings. The maximum absolute atomic E-state index is 13.2. The number of fused-ring (bicyclic) bond motifs is 8. The molecule has 0 spiro atoms. The van der Waals surface area contributed by atoms with Gasteiger partial charge in [-0.25, -0.2) is 9.97 Å². The van der Waals surface area contributed by atoms with Crippen LogP contribution in [0.2, 0.25) is 40.2 Å². The van der Waals surface area contributed by atoms with E-state index in [0.717, 1.165) is 0 Å². The fraction of sp³-hybridized carbons (Fsp3) is 0. The molecule has 5 heterocycles. The molecular weight excluding hydrogens is 960 g/mol. The van der Waals surface area contributed by atoms with E-state index in [-0.39, 0.29) is 118 Å². The third kappa shape index (κ3) is 7.10. The van der Waals surface area contributed by atoms with Crippen molar-refractivity contribution >= 4 is 138 Å². The number of aromatic nitrogens is 4. The van der Waals surface area contributed by atoms with Crippen LogP contribution in [-0.2, 0) is 0 Å². The molecule has 0 atom stereocenters. The number of nitrogens with zero attached hydrogens (tertiary/aromatic N) is 4. The molecule has 306 valence electrons. The van der Waals surface area contributed by atoms with E-state index in [9.17, 15) is 20.2 Å². The Kier molecular flexibility index (Phi) is 11.1. The first-order valence-electron chi connectivity index (χ1n) is 18.0. The highest BCUT2D eigenvalue weighted by Gasteiger charge is 2.33. The summed E-state index contributed by atoms with van der Waals surface area (Å²) < 4.78 is 0. The van der Waals surface area contributed by atoms with Gasteiger partial charge in [-0.2, -0.15) is 0 Å². The number of aromatic amines is 2. The molecule has 9 rings (SSSR count). The number of hydrogen-bond acceptors (Lipinski definition) is 6. The van der Waals surface area contributed by atoms with Crippen molar-refractivity contribution in [1.29, 1.82) is 0 Å². The monoisotopic (exact) mass is 976 g/mol. The lowest BCUT2D eigenvalue weighted by molar-refractivity contribution is -0.374. The Labute approximate surface area is 390 Å². The standard InChI is InChI=1S/C44H20Cl8N6O4/c45-19-5-1-6-20(46)35(19)39-27-13-15-29(53-27)41(37-23(49)9-3-10-24(37)50)44-34(58(61)62)18-32(56-44)40(36-21(47)7-2-8-22(36)48)28-14-16-30(54-28)42(38-25(51)11-4-12-26(38)52)43-33(57(59)60)17-31(39)55-43/h1-18,53-54H. The molecule has 0 radical (unpaired) electrons. The average molecular weight is 980 g/mol. The van der Waals surface area contributed by atoms with Crippen molar-refractivity contribution in [2.75, 3.05) is 0 Å². The van der Waals surface area contributed by atoms with Gasteiger partial charge in [-0.1, -0.05) is 117 Å². The minimum Gasteiger partial charge on any atom is -0.354 e. The summed E-state index contributed by atoms with van der Waals surface area (Å²) in [4.78, 5) is 41.9. The zero-order valence-electron chi connectivity index (χ0n) is 30.8. The molecular formula is C44H20Cl8N6O4. The Morgan fingerprint density at radius 2 is 0.613 bits per heavy atom. The highest BCUT2D eigenvalue weighted by Crippen LogP contribution is 2.48. The fourth-order valence-electron chi connectivity index (χ4n) is 7.60. The topological polar surface area (TPSA) is 144 Å². The molecule has 10 nitrogen and oxygen atoms in total. The molecule has 3 aromatic heterocycles. The van der Waals surface area contributed by atoms with E-state index in [1.165, 1.54) is 12.2 Å². The van der Waals surface area contributed by atoms with Gasteiger partial charge in [-0.15, -0.1) is 0 Å². The highest BCUT2D eigenvalue weighted by molar-refractivity contribution is 6.42. The van der Waals surface area contributed by atoms with Gasteiger partial charge in [0.15, 0.2) is 11.4 Å². The van der Waals surface area contributed by atoms with Crippen LogP contribution in [0.5, 0.6) is 0 Å². The van der Waals surface area contributed by atoms with Gasteiger partial charge in [0.05, 0.1) is 61.4 Å². The Bertz CT molecular complexity index is 3080. The van der Waals surface area contributed by atoms with E-state index in [4.69, 9.17) is 103 Å². The second-order valence-corrected chi connectivity index (χ2v) is 17.0. The van der Waals surface area contributed by atoms with E-state index in [1.807, 2.05) is 0 Å². The van der Waals surface area contributed by atoms with E-state index in [0.29, 0.717) is 11.0 Å². The maximum atomic E-state index is 13.2. The number of benzene rings is 4. The van der Waals surface area contributed by atoms with Gasteiger partial charge in [0.2, 0.25) is 0 Å². The van der Waals surface area contributed by atoms with E-state index < -0.39 is 21.2 Å². The van der Waals surface area contributed by atoms with Crippen LogP contribution in [0.3, 0.4) is 0 Å². The van der Waals surface area contributed by atoms with Crippen LogP contribution in [0.4, 0.5) is 0 Å². The van der Waals surface area contributed by atoms with Crippen LogP contribution in [0, 0.1) is 20.2 Å². The van der Waals surface area contributed by atoms with Crippen LogP contribution in [-0.4, -0.2) is 29.8 Å². The van der Waals surface area contributed by atoms with E-state index in [2.05, 4.69) is 9.97 Å². The third-order valence-corrected chi connectivity index (χ3v) is 12.7. The SMILES string of the molecule is O=[N+]([O-])C1=Cc2nc1c(-c1c(Cl)cccc1Cl)c1ccc([nH]1)c(-c1c(Cl)cccc1Cl)c1nc(c(-c3c(Cl)cccc3Cl)c3ccc([nH]3)c2-c2c(Cl)cccc2Cl)C([N+](=O)[O-])=C1. The summed E-state index contributed by atoms with van der Waals surface area (Å²) >= 11 is 55.2. The molecule has 0 saturated heterocycles. The van der Waals surface area contributed by atoms with Crippen molar-refractivity contribution in [2.45, 2.75) is 0 Å². The summed E-state index contributed by atoms with van der Waals surface area (Å²) in [7, 11) is 0. The summed E-state index contributed by atoms with van der Waals surface area (Å²) in [5.41, 5.74) is 1.93. The molecule has 2 aliphatic heterocycles. The Morgan fingerprint density at radius 1 is 0.371 bits per heavy atom. The molecule has 0 unspecified atom stereocenters. The predicted octanol–water partition coefficient (Wildman–Crippen LogP) is 15.8. The lowest BCUT2D eigenvalue weighted by atomic mass is 10.0. The Morgan fingerprint density at radius 3 is 0.871 bits per heavy atom. The predicted molar refractivity (Wildman–Crippen MR) is 253 cm³/mol. The molecule has 18 heteroatoms.